The van der Waals surface area contributed by atoms with Crippen LogP contribution in [0.5, 0.6) is 0 Å². The van der Waals surface area contributed by atoms with Crippen molar-refractivity contribution in [2.24, 2.45) is 11.7 Å². The summed E-state index contributed by atoms with van der Waals surface area (Å²) in [6.07, 6.45) is 0. The molecule has 0 saturated heterocycles. The number of carbonyl (C=O) groups is 1. The molecule has 17 heavy (non-hydrogen) atoms. The van der Waals surface area contributed by atoms with Gasteiger partial charge in [-0.15, -0.1) is 11.6 Å². The molecule has 1 rings (SSSR count). The van der Waals surface area contributed by atoms with Crippen molar-refractivity contribution in [1.82, 2.24) is 10.3 Å². The molecule has 1 heterocycles. The van der Waals surface area contributed by atoms with Gasteiger partial charge in [-0.2, -0.15) is 0 Å². The lowest BCUT2D eigenvalue weighted by atomic mass is 10.1. The molecule has 0 saturated carbocycles. The van der Waals surface area contributed by atoms with E-state index in [2.05, 4.69) is 10.3 Å². The summed E-state index contributed by atoms with van der Waals surface area (Å²) in [6.45, 7) is 4.35. The topological polar surface area (TPSA) is 68.0 Å². The van der Waals surface area contributed by atoms with E-state index in [1.165, 1.54) is 0 Å². The van der Waals surface area contributed by atoms with E-state index in [0.29, 0.717) is 23.8 Å². The number of hydrogen-bond donors (Lipinski definition) is 2. The third-order valence-electron chi connectivity index (χ3n) is 2.54. The summed E-state index contributed by atoms with van der Waals surface area (Å²) in [6, 6.07) is 5.18. The van der Waals surface area contributed by atoms with Crippen molar-refractivity contribution in [3.05, 3.63) is 29.6 Å². The first-order chi connectivity index (χ1) is 8.08. The van der Waals surface area contributed by atoms with Gasteiger partial charge in [0.25, 0.3) is 5.91 Å². The summed E-state index contributed by atoms with van der Waals surface area (Å²) in [4.78, 5) is 16.1. The van der Waals surface area contributed by atoms with Crippen LogP contribution in [-0.4, -0.2) is 22.8 Å². The van der Waals surface area contributed by atoms with Crippen molar-refractivity contribution in [1.29, 1.82) is 0 Å². The van der Waals surface area contributed by atoms with Crippen LogP contribution < -0.4 is 11.1 Å². The Bertz CT molecular complexity index is 382. The van der Waals surface area contributed by atoms with Gasteiger partial charge in [0.1, 0.15) is 5.69 Å². The van der Waals surface area contributed by atoms with Crippen LogP contribution in [0.15, 0.2) is 18.2 Å². The van der Waals surface area contributed by atoms with E-state index < -0.39 is 0 Å². The van der Waals surface area contributed by atoms with Crippen molar-refractivity contribution >= 4 is 17.5 Å². The number of nitrogens with two attached hydrogens (primary N) is 1. The maximum absolute atomic E-state index is 11.9. The Morgan fingerprint density at radius 2 is 2.24 bits per heavy atom. The highest BCUT2D eigenvalue weighted by atomic mass is 35.5. The van der Waals surface area contributed by atoms with Crippen LogP contribution in [-0.2, 0) is 6.54 Å². The Balaban J connectivity index is 2.75. The molecule has 0 bridgehead atoms. The molecule has 5 heteroatoms. The molecule has 1 atom stereocenters. The van der Waals surface area contributed by atoms with Gasteiger partial charge in [0, 0.05) is 18.5 Å². The van der Waals surface area contributed by atoms with Crippen molar-refractivity contribution in [3.63, 3.8) is 0 Å². The molecule has 1 aromatic heterocycles. The van der Waals surface area contributed by atoms with Crippen LogP contribution in [0.4, 0.5) is 0 Å². The van der Waals surface area contributed by atoms with E-state index in [9.17, 15) is 4.79 Å². The maximum atomic E-state index is 11.9. The Morgan fingerprint density at radius 3 is 2.76 bits per heavy atom. The summed E-state index contributed by atoms with van der Waals surface area (Å²) < 4.78 is 0. The molecule has 0 radical (unpaired) electrons. The third-order valence-corrected chi connectivity index (χ3v) is 2.87. The van der Waals surface area contributed by atoms with E-state index in [0.717, 1.165) is 0 Å². The molecular formula is C12H18ClN3O. The molecule has 4 nitrogen and oxygen atoms in total. The first-order valence-corrected chi connectivity index (χ1v) is 6.14. The fourth-order valence-electron chi connectivity index (χ4n) is 1.35. The molecule has 0 aliphatic heterocycles. The summed E-state index contributed by atoms with van der Waals surface area (Å²) in [5.74, 6) is 0.466. The molecule has 3 N–H and O–H groups in total. The lowest BCUT2D eigenvalue weighted by Gasteiger charge is -2.19. The third kappa shape index (κ3) is 3.98. The normalized spacial score (nSPS) is 12.5. The Kier molecular flexibility index (Phi) is 5.38. The molecule has 0 fully saturated rings. The highest BCUT2D eigenvalue weighted by Gasteiger charge is 2.16. The summed E-state index contributed by atoms with van der Waals surface area (Å²) in [5, 5.41) is 2.86. The number of alkyl halides is 1. The van der Waals surface area contributed by atoms with Crippen molar-refractivity contribution in [3.8, 4) is 0 Å². The number of carbonyl (C=O) groups excluding carboxylic acids is 1. The van der Waals surface area contributed by atoms with E-state index >= 15 is 0 Å². The van der Waals surface area contributed by atoms with Gasteiger partial charge in [-0.1, -0.05) is 19.9 Å². The molecule has 1 amide bonds. The fourth-order valence-corrected chi connectivity index (χ4v) is 1.78. The van der Waals surface area contributed by atoms with Gasteiger partial charge in [-0.05, 0) is 18.1 Å². The fraction of sp³-hybridized carbons (Fsp3) is 0.500. The van der Waals surface area contributed by atoms with Gasteiger partial charge in [0.15, 0.2) is 0 Å². The average Bonchev–Trinajstić information content (AvgIpc) is 2.35. The largest absolute Gasteiger partial charge is 0.347 e. The van der Waals surface area contributed by atoms with Crippen LogP contribution in [0.25, 0.3) is 0 Å². The minimum Gasteiger partial charge on any atom is -0.347 e. The van der Waals surface area contributed by atoms with Gasteiger partial charge in [0.2, 0.25) is 0 Å². The summed E-state index contributed by atoms with van der Waals surface area (Å²) in [5.41, 5.74) is 6.56. The maximum Gasteiger partial charge on any atom is 0.270 e. The number of amides is 1. The predicted octanol–water partition coefficient (Wildman–Crippen LogP) is 1.53. The van der Waals surface area contributed by atoms with Crippen LogP contribution in [0.3, 0.4) is 0 Å². The first kappa shape index (κ1) is 13.9. The number of aromatic nitrogens is 1. The van der Waals surface area contributed by atoms with E-state index in [1.54, 1.807) is 18.2 Å². The molecule has 0 spiro atoms. The number of hydrogen-bond acceptors (Lipinski definition) is 3. The number of nitrogens with one attached hydrogen (secondary N) is 1. The van der Waals surface area contributed by atoms with Gasteiger partial charge in [-0.3, -0.25) is 4.79 Å². The number of pyridine rings is 1. The zero-order valence-corrected chi connectivity index (χ0v) is 10.9. The predicted molar refractivity (Wildman–Crippen MR) is 68.9 cm³/mol. The van der Waals surface area contributed by atoms with Gasteiger partial charge < -0.3 is 11.1 Å². The van der Waals surface area contributed by atoms with Crippen LogP contribution in [0.2, 0.25) is 0 Å². The van der Waals surface area contributed by atoms with Gasteiger partial charge in [0.05, 0.1) is 5.69 Å². The second-order valence-corrected chi connectivity index (χ2v) is 4.51. The van der Waals surface area contributed by atoms with Crippen molar-refractivity contribution in [2.75, 3.05) is 5.88 Å². The van der Waals surface area contributed by atoms with E-state index in [-0.39, 0.29) is 17.9 Å². The molecule has 0 aliphatic rings. The van der Waals surface area contributed by atoms with E-state index in [4.69, 9.17) is 17.3 Å². The summed E-state index contributed by atoms with van der Waals surface area (Å²) in [7, 11) is 0. The molecule has 94 valence electrons. The van der Waals surface area contributed by atoms with Crippen molar-refractivity contribution < 1.29 is 4.79 Å². The minimum absolute atomic E-state index is 0.0486. The van der Waals surface area contributed by atoms with Crippen LogP contribution >= 0.6 is 11.6 Å². The summed E-state index contributed by atoms with van der Waals surface area (Å²) >= 11 is 5.80. The Morgan fingerprint density at radius 1 is 1.53 bits per heavy atom. The molecule has 0 unspecified atom stereocenters. The lowest BCUT2D eigenvalue weighted by Crippen LogP contribution is -2.40. The van der Waals surface area contributed by atoms with Gasteiger partial charge >= 0.3 is 0 Å². The SMILES string of the molecule is CC(C)[C@@H](CCl)NC(=O)c1cccc(CN)n1. The monoisotopic (exact) mass is 255 g/mol. The Labute approximate surface area is 107 Å². The van der Waals surface area contributed by atoms with Crippen LogP contribution in [0.1, 0.15) is 30.0 Å². The number of nitrogens with zero attached hydrogens (tertiary/aromatic N) is 1. The quantitative estimate of drug-likeness (QED) is 0.784. The smallest absolute Gasteiger partial charge is 0.270 e. The highest BCUT2D eigenvalue weighted by molar-refractivity contribution is 6.18. The van der Waals surface area contributed by atoms with Gasteiger partial charge in [-0.25, -0.2) is 4.98 Å². The zero-order valence-electron chi connectivity index (χ0n) is 10.1. The lowest BCUT2D eigenvalue weighted by molar-refractivity contribution is 0.0926. The minimum atomic E-state index is -0.209. The highest BCUT2D eigenvalue weighted by Crippen LogP contribution is 2.05. The zero-order chi connectivity index (χ0) is 12.8. The molecule has 1 aromatic rings. The first-order valence-electron chi connectivity index (χ1n) is 5.61. The van der Waals surface area contributed by atoms with E-state index in [1.807, 2.05) is 13.8 Å². The van der Waals surface area contributed by atoms with Crippen molar-refractivity contribution in [2.45, 2.75) is 26.4 Å². The second-order valence-electron chi connectivity index (χ2n) is 4.20. The number of halogens is 1. The standard InChI is InChI=1S/C12H18ClN3O/c1-8(2)11(6-13)16-12(17)10-5-3-4-9(7-14)15-10/h3-5,8,11H,6-7,14H2,1-2H3,(H,16,17)/t11-/m1/s1. The van der Waals surface area contributed by atoms with Crippen LogP contribution in [0, 0.1) is 5.92 Å². The number of rotatable bonds is 5. The second kappa shape index (κ2) is 6.57. The molecule has 0 aliphatic carbocycles. The Hall–Kier alpha value is -1.13. The molecular weight excluding hydrogens is 238 g/mol. The average molecular weight is 256 g/mol. The molecule has 0 aromatic carbocycles.